The Morgan fingerprint density at radius 2 is 2.23 bits per heavy atom. The second-order valence-electron chi connectivity index (χ2n) is 4.52. The van der Waals surface area contributed by atoms with Gasteiger partial charge in [0.15, 0.2) is 0 Å². The number of hydrogen-bond acceptors (Lipinski definition) is 1. The third-order valence-electron chi connectivity index (χ3n) is 3.00. The minimum absolute atomic E-state index is 0.185. The molecule has 1 aliphatic heterocycles. The van der Waals surface area contributed by atoms with Gasteiger partial charge < -0.3 is 4.74 Å². The summed E-state index contributed by atoms with van der Waals surface area (Å²) in [4.78, 5) is 0. The molecule has 2 heteroatoms. The highest BCUT2D eigenvalue weighted by Crippen LogP contribution is 2.39. The fourth-order valence-electron chi connectivity index (χ4n) is 2.48. The highest BCUT2D eigenvalue weighted by molar-refractivity contribution is 14.1. The van der Waals surface area contributed by atoms with Crippen LogP contribution >= 0.6 is 22.6 Å². The molecule has 3 atom stereocenters. The predicted molar refractivity (Wildman–Crippen MR) is 65.5 cm³/mol. The average molecular weight is 296 g/mol. The summed E-state index contributed by atoms with van der Waals surface area (Å²) < 4.78 is 7.35. The highest BCUT2D eigenvalue weighted by atomic mass is 127. The number of halogens is 1. The Hall–Kier alpha value is 0.690. The van der Waals surface area contributed by atoms with Crippen molar-refractivity contribution in [2.24, 2.45) is 5.92 Å². The first-order valence-electron chi connectivity index (χ1n) is 5.35. The summed E-state index contributed by atoms with van der Waals surface area (Å²) in [7, 11) is 0. The van der Waals surface area contributed by atoms with Crippen LogP contribution in [0.4, 0.5) is 0 Å². The molecule has 0 aromatic carbocycles. The van der Waals surface area contributed by atoms with E-state index in [1.165, 1.54) is 30.1 Å². The first kappa shape index (κ1) is 11.8. The zero-order valence-corrected chi connectivity index (χ0v) is 11.1. The molecule has 0 N–H and O–H groups in total. The first-order valence-corrected chi connectivity index (χ1v) is 6.87. The predicted octanol–water partition coefficient (Wildman–Crippen LogP) is 3.80. The molecule has 1 saturated heterocycles. The maximum Gasteiger partial charge on any atom is 0.0661 e. The fourth-order valence-corrected chi connectivity index (χ4v) is 3.10. The number of ether oxygens (including phenoxy) is 1. The highest BCUT2D eigenvalue weighted by Gasteiger charge is 2.39. The van der Waals surface area contributed by atoms with Crippen LogP contribution in [0.5, 0.6) is 0 Å². The van der Waals surface area contributed by atoms with Crippen LogP contribution in [0.2, 0.25) is 0 Å². The van der Waals surface area contributed by atoms with Crippen LogP contribution in [0.3, 0.4) is 0 Å². The Labute approximate surface area is 95.8 Å². The number of alkyl halides is 1. The molecular weight excluding hydrogens is 275 g/mol. The van der Waals surface area contributed by atoms with Gasteiger partial charge in [-0.05, 0) is 32.1 Å². The largest absolute Gasteiger partial charge is 0.372 e. The van der Waals surface area contributed by atoms with Crippen molar-refractivity contribution in [2.45, 2.75) is 58.2 Å². The SMILES string of the molecule is CCC[C@]1(C)C[C@@H](C)[C@H](CCI)O1. The van der Waals surface area contributed by atoms with Crippen molar-refractivity contribution in [1.82, 2.24) is 0 Å². The Bertz CT molecular complexity index is 160. The van der Waals surface area contributed by atoms with E-state index in [1.807, 2.05) is 0 Å². The summed E-state index contributed by atoms with van der Waals surface area (Å²) in [6.07, 6.45) is 5.45. The van der Waals surface area contributed by atoms with Crippen LogP contribution in [0.1, 0.15) is 46.5 Å². The van der Waals surface area contributed by atoms with Crippen molar-refractivity contribution in [3.05, 3.63) is 0 Å². The Kier molecular flexibility index (Phi) is 4.49. The smallest absolute Gasteiger partial charge is 0.0661 e. The zero-order valence-electron chi connectivity index (χ0n) is 8.98. The Morgan fingerprint density at radius 1 is 1.54 bits per heavy atom. The summed E-state index contributed by atoms with van der Waals surface area (Å²) in [5.41, 5.74) is 0.185. The molecule has 0 spiro atoms. The molecule has 0 saturated carbocycles. The molecule has 1 fully saturated rings. The van der Waals surface area contributed by atoms with E-state index in [9.17, 15) is 0 Å². The summed E-state index contributed by atoms with van der Waals surface area (Å²) in [6.45, 7) is 6.85. The maximum atomic E-state index is 6.14. The molecule has 78 valence electrons. The quantitative estimate of drug-likeness (QED) is 0.566. The number of hydrogen-bond donors (Lipinski definition) is 0. The Morgan fingerprint density at radius 3 is 2.77 bits per heavy atom. The lowest BCUT2D eigenvalue weighted by Crippen LogP contribution is -2.24. The van der Waals surface area contributed by atoms with Gasteiger partial charge in [-0.25, -0.2) is 0 Å². The third kappa shape index (κ3) is 3.08. The molecule has 1 aliphatic rings. The Balaban J connectivity index is 2.47. The molecule has 0 radical (unpaired) electrons. The average Bonchev–Trinajstić information content (AvgIpc) is 2.28. The molecule has 0 aromatic heterocycles. The first-order chi connectivity index (χ1) is 6.11. The zero-order chi connectivity index (χ0) is 9.90. The maximum absolute atomic E-state index is 6.14. The van der Waals surface area contributed by atoms with Gasteiger partial charge >= 0.3 is 0 Å². The van der Waals surface area contributed by atoms with Crippen LogP contribution < -0.4 is 0 Å². The fraction of sp³-hybridized carbons (Fsp3) is 1.00. The van der Waals surface area contributed by atoms with Gasteiger partial charge in [-0.3, -0.25) is 0 Å². The molecule has 1 heterocycles. The van der Waals surface area contributed by atoms with E-state index in [0.29, 0.717) is 6.10 Å². The van der Waals surface area contributed by atoms with Crippen molar-refractivity contribution in [2.75, 3.05) is 4.43 Å². The normalized spacial score (nSPS) is 39.7. The van der Waals surface area contributed by atoms with Crippen molar-refractivity contribution in [3.8, 4) is 0 Å². The second-order valence-corrected chi connectivity index (χ2v) is 5.59. The molecule has 0 aromatic rings. The minimum atomic E-state index is 0.185. The van der Waals surface area contributed by atoms with E-state index >= 15 is 0 Å². The van der Waals surface area contributed by atoms with E-state index in [0.717, 1.165) is 5.92 Å². The van der Waals surface area contributed by atoms with Crippen molar-refractivity contribution < 1.29 is 4.74 Å². The van der Waals surface area contributed by atoms with E-state index in [1.54, 1.807) is 0 Å². The van der Waals surface area contributed by atoms with Crippen LogP contribution in [-0.2, 0) is 4.74 Å². The van der Waals surface area contributed by atoms with Gasteiger partial charge in [0, 0.05) is 4.43 Å². The van der Waals surface area contributed by atoms with E-state index in [4.69, 9.17) is 4.74 Å². The van der Waals surface area contributed by atoms with Gasteiger partial charge in [0.2, 0.25) is 0 Å². The van der Waals surface area contributed by atoms with Crippen molar-refractivity contribution in [1.29, 1.82) is 0 Å². The van der Waals surface area contributed by atoms with Gasteiger partial charge in [0.05, 0.1) is 11.7 Å². The van der Waals surface area contributed by atoms with Gasteiger partial charge in [0.1, 0.15) is 0 Å². The monoisotopic (exact) mass is 296 g/mol. The van der Waals surface area contributed by atoms with E-state index in [2.05, 4.69) is 43.4 Å². The molecule has 0 bridgehead atoms. The molecule has 1 rings (SSSR count). The van der Waals surface area contributed by atoms with Gasteiger partial charge in [0.25, 0.3) is 0 Å². The molecule has 1 nitrogen and oxygen atoms in total. The van der Waals surface area contributed by atoms with Gasteiger partial charge in [-0.1, -0.05) is 42.9 Å². The van der Waals surface area contributed by atoms with Crippen molar-refractivity contribution in [3.63, 3.8) is 0 Å². The van der Waals surface area contributed by atoms with Crippen molar-refractivity contribution >= 4 is 22.6 Å². The summed E-state index contributed by atoms with van der Waals surface area (Å²) >= 11 is 2.44. The summed E-state index contributed by atoms with van der Waals surface area (Å²) in [5, 5.41) is 0. The van der Waals surface area contributed by atoms with Gasteiger partial charge in [-0.2, -0.15) is 0 Å². The van der Waals surface area contributed by atoms with E-state index < -0.39 is 0 Å². The topological polar surface area (TPSA) is 9.23 Å². The summed E-state index contributed by atoms with van der Waals surface area (Å²) in [5.74, 6) is 0.756. The third-order valence-corrected chi connectivity index (χ3v) is 3.62. The lowest BCUT2D eigenvalue weighted by atomic mass is 9.91. The molecule has 0 amide bonds. The molecular formula is C11H21IO. The van der Waals surface area contributed by atoms with Crippen LogP contribution in [0.15, 0.2) is 0 Å². The minimum Gasteiger partial charge on any atom is -0.372 e. The van der Waals surface area contributed by atoms with E-state index in [-0.39, 0.29) is 5.60 Å². The second kappa shape index (κ2) is 4.96. The number of rotatable bonds is 4. The summed E-state index contributed by atoms with van der Waals surface area (Å²) in [6, 6.07) is 0. The lowest BCUT2D eigenvalue weighted by Gasteiger charge is -2.24. The lowest BCUT2D eigenvalue weighted by molar-refractivity contribution is -0.0379. The van der Waals surface area contributed by atoms with Gasteiger partial charge in [-0.15, -0.1) is 0 Å². The standard InChI is InChI=1S/C11H21IO/c1-4-6-11(3)8-9(2)10(13-11)5-7-12/h9-10H,4-8H2,1-3H3/t9-,10+,11-/m1/s1. The van der Waals surface area contributed by atoms with Crippen LogP contribution in [-0.4, -0.2) is 16.1 Å². The van der Waals surface area contributed by atoms with Crippen LogP contribution in [0, 0.1) is 5.92 Å². The molecule has 0 unspecified atom stereocenters. The molecule has 0 aliphatic carbocycles. The molecule has 13 heavy (non-hydrogen) atoms. The van der Waals surface area contributed by atoms with Crippen LogP contribution in [0.25, 0.3) is 0 Å².